The number of hydrogen-bond acceptors (Lipinski definition) is 4. The van der Waals surface area contributed by atoms with E-state index in [4.69, 9.17) is 4.74 Å². The molecule has 0 radical (unpaired) electrons. The van der Waals surface area contributed by atoms with Crippen LogP contribution < -0.4 is 10.1 Å². The van der Waals surface area contributed by atoms with E-state index in [1.54, 1.807) is 11.3 Å². The highest BCUT2D eigenvalue weighted by molar-refractivity contribution is 7.09. The number of hydrogen-bond donors (Lipinski definition) is 1. The minimum Gasteiger partial charge on any atom is -0.494 e. The molecule has 0 fully saturated rings. The van der Waals surface area contributed by atoms with E-state index in [0.29, 0.717) is 0 Å². The van der Waals surface area contributed by atoms with Gasteiger partial charge in [-0.25, -0.2) is 4.98 Å². The molecule has 0 amide bonds. The second-order valence-corrected chi connectivity index (χ2v) is 5.75. The van der Waals surface area contributed by atoms with E-state index in [9.17, 15) is 0 Å². The summed E-state index contributed by atoms with van der Waals surface area (Å²) in [4.78, 5) is 4.46. The van der Waals surface area contributed by atoms with Crippen LogP contribution in [0.25, 0.3) is 0 Å². The second kappa shape index (κ2) is 8.02. The van der Waals surface area contributed by atoms with Crippen molar-refractivity contribution in [1.29, 1.82) is 0 Å². The molecule has 0 saturated heterocycles. The van der Waals surface area contributed by atoms with Gasteiger partial charge in [-0.05, 0) is 31.0 Å². The highest BCUT2D eigenvalue weighted by Gasteiger charge is 1.99. The minimum absolute atomic E-state index is 0.778. The molecule has 0 spiro atoms. The van der Waals surface area contributed by atoms with Gasteiger partial charge in [-0.2, -0.15) is 0 Å². The molecule has 0 atom stereocenters. The lowest BCUT2D eigenvalue weighted by molar-refractivity contribution is 0.317. The van der Waals surface area contributed by atoms with Gasteiger partial charge in [0.2, 0.25) is 0 Å². The van der Waals surface area contributed by atoms with E-state index >= 15 is 0 Å². The van der Waals surface area contributed by atoms with E-state index in [1.807, 2.05) is 19.1 Å². The minimum atomic E-state index is 0.778. The Kier molecular flexibility index (Phi) is 6.02. The molecule has 0 aliphatic heterocycles. The van der Waals surface area contributed by atoms with Gasteiger partial charge in [0, 0.05) is 30.6 Å². The fourth-order valence-corrected chi connectivity index (χ4v) is 2.69. The number of aromatic nitrogens is 1. The summed E-state index contributed by atoms with van der Waals surface area (Å²) in [7, 11) is 0. The Morgan fingerprint density at radius 3 is 3.00 bits per heavy atom. The van der Waals surface area contributed by atoms with Crippen LogP contribution in [0.3, 0.4) is 0 Å². The molecule has 3 nitrogen and oxygen atoms in total. The summed E-state index contributed by atoms with van der Waals surface area (Å²) in [6.45, 7) is 6.75. The van der Waals surface area contributed by atoms with Crippen molar-refractivity contribution in [2.45, 2.75) is 33.2 Å². The van der Waals surface area contributed by atoms with Crippen LogP contribution in [0.2, 0.25) is 0 Å². The molecule has 2 rings (SSSR count). The highest BCUT2D eigenvalue weighted by atomic mass is 32.1. The normalized spacial score (nSPS) is 10.7. The number of thiazole rings is 1. The van der Waals surface area contributed by atoms with Gasteiger partial charge in [-0.3, -0.25) is 0 Å². The summed E-state index contributed by atoms with van der Waals surface area (Å²) in [6.07, 6.45) is 2.03. The molecule has 4 heteroatoms. The van der Waals surface area contributed by atoms with Crippen molar-refractivity contribution in [3.63, 3.8) is 0 Å². The topological polar surface area (TPSA) is 34.1 Å². The summed E-state index contributed by atoms with van der Waals surface area (Å²) in [5.74, 6) is 0.960. The molecule has 0 unspecified atom stereocenters. The monoisotopic (exact) mass is 290 g/mol. The van der Waals surface area contributed by atoms with E-state index in [-0.39, 0.29) is 0 Å². The van der Waals surface area contributed by atoms with Crippen LogP contribution in [-0.4, -0.2) is 18.1 Å². The van der Waals surface area contributed by atoms with Gasteiger partial charge < -0.3 is 10.1 Å². The van der Waals surface area contributed by atoms with Crippen LogP contribution in [-0.2, 0) is 13.0 Å². The van der Waals surface area contributed by atoms with Gasteiger partial charge in [-0.15, -0.1) is 11.3 Å². The van der Waals surface area contributed by atoms with Gasteiger partial charge in [-0.1, -0.05) is 19.1 Å². The van der Waals surface area contributed by atoms with E-state index in [2.05, 4.69) is 34.7 Å². The first-order chi connectivity index (χ1) is 9.78. The van der Waals surface area contributed by atoms with Gasteiger partial charge in [0.1, 0.15) is 5.75 Å². The predicted molar refractivity (Wildman–Crippen MR) is 84.5 cm³/mol. The van der Waals surface area contributed by atoms with Crippen molar-refractivity contribution in [3.05, 3.63) is 45.9 Å². The molecule has 0 saturated carbocycles. The lowest BCUT2D eigenvalue weighted by Crippen LogP contribution is -2.16. The van der Waals surface area contributed by atoms with Crippen LogP contribution in [0, 0.1) is 6.92 Å². The van der Waals surface area contributed by atoms with Crippen LogP contribution in [0.1, 0.15) is 29.6 Å². The van der Waals surface area contributed by atoms with Crippen molar-refractivity contribution < 1.29 is 4.74 Å². The Labute approximate surface area is 125 Å². The molecule has 1 N–H and O–H groups in total. The highest BCUT2D eigenvalue weighted by Crippen LogP contribution is 2.13. The van der Waals surface area contributed by atoms with Gasteiger partial charge in [0.15, 0.2) is 0 Å². The first kappa shape index (κ1) is 15.0. The molecular formula is C16H22N2OS. The van der Waals surface area contributed by atoms with Crippen LogP contribution >= 0.6 is 11.3 Å². The number of ether oxygens (including phenoxy) is 1. The zero-order valence-electron chi connectivity index (χ0n) is 12.2. The van der Waals surface area contributed by atoms with E-state index in [1.165, 1.54) is 10.6 Å². The van der Waals surface area contributed by atoms with Crippen molar-refractivity contribution in [3.8, 4) is 5.75 Å². The molecule has 108 valence electrons. The maximum Gasteiger partial charge on any atom is 0.119 e. The molecule has 1 aromatic carbocycles. The second-order valence-electron chi connectivity index (χ2n) is 4.81. The number of aryl methyl sites for hydroxylation is 1. The number of nitrogens with zero attached hydrogens (tertiary/aromatic N) is 1. The van der Waals surface area contributed by atoms with Crippen LogP contribution in [0.5, 0.6) is 5.75 Å². The number of rotatable bonds is 8. The fraction of sp³-hybridized carbons (Fsp3) is 0.438. The first-order valence-corrected chi connectivity index (χ1v) is 7.99. The van der Waals surface area contributed by atoms with Crippen molar-refractivity contribution in [2.24, 2.45) is 0 Å². The molecule has 1 heterocycles. The molecule has 1 aromatic heterocycles. The SMILES string of the molecule is CCCOc1cccc(CNCCc2nc(C)cs2)c1. The summed E-state index contributed by atoms with van der Waals surface area (Å²) in [5.41, 5.74) is 2.37. The summed E-state index contributed by atoms with van der Waals surface area (Å²) in [5, 5.41) is 6.76. The lowest BCUT2D eigenvalue weighted by atomic mass is 10.2. The Balaban J connectivity index is 1.73. The zero-order valence-corrected chi connectivity index (χ0v) is 13.0. The van der Waals surface area contributed by atoms with Crippen molar-refractivity contribution in [2.75, 3.05) is 13.2 Å². The van der Waals surface area contributed by atoms with Crippen LogP contribution in [0.4, 0.5) is 0 Å². The molecule has 2 aromatic rings. The Morgan fingerprint density at radius 2 is 2.25 bits per heavy atom. The predicted octanol–water partition coefficient (Wildman–Crippen LogP) is 3.57. The Hall–Kier alpha value is -1.39. The van der Waals surface area contributed by atoms with E-state index < -0.39 is 0 Å². The molecule has 0 aliphatic carbocycles. The fourth-order valence-electron chi connectivity index (χ4n) is 1.91. The Bertz CT molecular complexity index is 525. The standard InChI is InChI=1S/C16H22N2OS/c1-3-9-19-15-6-4-5-14(10-15)11-17-8-7-16-18-13(2)12-20-16/h4-6,10,12,17H,3,7-9,11H2,1-2H3. The number of nitrogens with one attached hydrogen (secondary N) is 1. The zero-order chi connectivity index (χ0) is 14.2. The smallest absolute Gasteiger partial charge is 0.119 e. The molecular weight excluding hydrogens is 268 g/mol. The third-order valence-electron chi connectivity index (χ3n) is 2.88. The third-order valence-corrected chi connectivity index (χ3v) is 3.91. The molecule has 0 aliphatic rings. The van der Waals surface area contributed by atoms with Crippen LogP contribution in [0.15, 0.2) is 29.6 Å². The lowest BCUT2D eigenvalue weighted by Gasteiger charge is -2.08. The summed E-state index contributed by atoms with van der Waals surface area (Å²) < 4.78 is 5.64. The maximum absolute atomic E-state index is 5.64. The summed E-state index contributed by atoms with van der Waals surface area (Å²) >= 11 is 1.74. The van der Waals surface area contributed by atoms with Gasteiger partial charge >= 0.3 is 0 Å². The summed E-state index contributed by atoms with van der Waals surface area (Å²) in [6, 6.07) is 8.29. The molecule has 20 heavy (non-hydrogen) atoms. The van der Waals surface area contributed by atoms with Gasteiger partial charge in [0.05, 0.1) is 11.6 Å². The quantitative estimate of drug-likeness (QED) is 0.755. The van der Waals surface area contributed by atoms with Gasteiger partial charge in [0.25, 0.3) is 0 Å². The first-order valence-electron chi connectivity index (χ1n) is 7.11. The van der Waals surface area contributed by atoms with Crippen molar-refractivity contribution >= 4 is 11.3 Å². The maximum atomic E-state index is 5.64. The number of benzene rings is 1. The third kappa shape index (κ3) is 4.94. The average Bonchev–Trinajstić information content (AvgIpc) is 2.87. The van der Waals surface area contributed by atoms with E-state index in [0.717, 1.165) is 44.0 Å². The average molecular weight is 290 g/mol. The Morgan fingerprint density at radius 1 is 1.35 bits per heavy atom. The van der Waals surface area contributed by atoms with Crippen molar-refractivity contribution in [1.82, 2.24) is 10.3 Å². The molecule has 0 bridgehead atoms. The largest absolute Gasteiger partial charge is 0.494 e.